The number of carboxylic acid groups (broad SMARTS) is 1. The lowest BCUT2D eigenvalue weighted by molar-refractivity contribution is -0.145. The molecule has 0 aliphatic heterocycles. The topological polar surface area (TPSA) is 91.7 Å². The third kappa shape index (κ3) is 2.12. The third-order valence-electron chi connectivity index (χ3n) is 3.93. The van der Waals surface area contributed by atoms with Crippen LogP contribution in [0.5, 0.6) is 0 Å². The standard InChI is InChI=1S/C13H15ClO5S/c1-2-20(18,19)11-10(13(11,7-15)12(16)17)8-3-5-9(14)6-4-8/h3-6,10-11,15H,2,7H2,1H3,(H,16,17). The highest BCUT2D eigenvalue weighted by Gasteiger charge is 2.75. The summed E-state index contributed by atoms with van der Waals surface area (Å²) in [6.45, 7) is 0.760. The van der Waals surface area contributed by atoms with Crippen LogP contribution in [0.25, 0.3) is 0 Å². The summed E-state index contributed by atoms with van der Waals surface area (Å²) in [5.41, 5.74) is -1.09. The minimum Gasteiger partial charge on any atom is -0.481 e. The van der Waals surface area contributed by atoms with E-state index in [1.54, 1.807) is 24.3 Å². The maximum atomic E-state index is 12.1. The van der Waals surface area contributed by atoms with Crippen LogP contribution in [0.4, 0.5) is 0 Å². The smallest absolute Gasteiger partial charge is 0.314 e. The number of halogens is 1. The Hall–Kier alpha value is -1.11. The van der Waals surface area contributed by atoms with Crippen molar-refractivity contribution in [2.75, 3.05) is 12.4 Å². The molecule has 1 saturated carbocycles. The zero-order valence-corrected chi connectivity index (χ0v) is 12.4. The quantitative estimate of drug-likeness (QED) is 0.854. The van der Waals surface area contributed by atoms with Crippen LogP contribution in [0.3, 0.4) is 0 Å². The molecule has 0 bridgehead atoms. The highest BCUT2D eigenvalue weighted by Crippen LogP contribution is 2.63. The maximum absolute atomic E-state index is 12.1. The van der Waals surface area contributed by atoms with Crippen molar-refractivity contribution in [3.05, 3.63) is 34.9 Å². The number of benzene rings is 1. The zero-order valence-electron chi connectivity index (χ0n) is 10.8. The third-order valence-corrected chi connectivity index (χ3v) is 6.46. The Bertz CT molecular complexity index is 625. The number of carboxylic acids is 1. The molecule has 110 valence electrons. The molecule has 3 unspecified atom stereocenters. The molecule has 20 heavy (non-hydrogen) atoms. The highest BCUT2D eigenvalue weighted by atomic mass is 35.5. The molecule has 1 aliphatic carbocycles. The molecular formula is C13H15ClO5S. The zero-order chi connectivity index (χ0) is 15.1. The summed E-state index contributed by atoms with van der Waals surface area (Å²) in [6, 6.07) is 6.36. The minimum atomic E-state index is -3.57. The predicted molar refractivity (Wildman–Crippen MR) is 74.6 cm³/mol. The monoisotopic (exact) mass is 318 g/mol. The average Bonchev–Trinajstić information content (AvgIpc) is 3.11. The summed E-state index contributed by atoms with van der Waals surface area (Å²) in [7, 11) is -3.57. The van der Waals surface area contributed by atoms with Crippen LogP contribution in [-0.4, -0.2) is 42.2 Å². The van der Waals surface area contributed by atoms with Crippen molar-refractivity contribution in [1.29, 1.82) is 0 Å². The van der Waals surface area contributed by atoms with Crippen LogP contribution < -0.4 is 0 Å². The van der Waals surface area contributed by atoms with Gasteiger partial charge in [0.25, 0.3) is 0 Å². The summed E-state index contributed by atoms with van der Waals surface area (Å²) in [5.74, 6) is -2.19. The van der Waals surface area contributed by atoms with Crippen LogP contribution in [-0.2, 0) is 14.6 Å². The molecule has 1 aromatic carbocycles. The molecule has 0 aromatic heterocycles. The predicted octanol–water partition coefficient (Wildman–Crippen LogP) is 1.30. The summed E-state index contributed by atoms with van der Waals surface area (Å²) in [4.78, 5) is 11.5. The fraction of sp³-hybridized carbons (Fsp3) is 0.462. The molecule has 0 radical (unpaired) electrons. The van der Waals surface area contributed by atoms with Gasteiger partial charge in [-0.15, -0.1) is 0 Å². The van der Waals surface area contributed by atoms with Gasteiger partial charge in [0.05, 0.1) is 11.9 Å². The van der Waals surface area contributed by atoms with E-state index in [1.807, 2.05) is 0 Å². The van der Waals surface area contributed by atoms with Gasteiger partial charge in [-0.2, -0.15) is 0 Å². The fourth-order valence-electron chi connectivity index (χ4n) is 2.77. The second-order valence-corrected chi connectivity index (χ2v) is 7.75. The number of aliphatic hydroxyl groups is 1. The Balaban J connectivity index is 2.50. The molecule has 5 nitrogen and oxygen atoms in total. The molecule has 2 rings (SSSR count). The van der Waals surface area contributed by atoms with Gasteiger partial charge < -0.3 is 10.2 Å². The van der Waals surface area contributed by atoms with Gasteiger partial charge in [0.2, 0.25) is 0 Å². The molecule has 0 saturated heterocycles. The van der Waals surface area contributed by atoms with E-state index in [2.05, 4.69) is 0 Å². The van der Waals surface area contributed by atoms with E-state index in [1.165, 1.54) is 6.92 Å². The van der Waals surface area contributed by atoms with Gasteiger partial charge in [-0.3, -0.25) is 4.79 Å². The van der Waals surface area contributed by atoms with Crippen LogP contribution >= 0.6 is 11.6 Å². The molecule has 1 fully saturated rings. The van der Waals surface area contributed by atoms with Gasteiger partial charge in [0.1, 0.15) is 5.41 Å². The second kappa shape index (κ2) is 5.02. The maximum Gasteiger partial charge on any atom is 0.314 e. The molecule has 1 aliphatic rings. The van der Waals surface area contributed by atoms with Gasteiger partial charge in [-0.1, -0.05) is 30.7 Å². The average molecular weight is 319 g/mol. The molecule has 7 heteroatoms. The van der Waals surface area contributed by atoms with Gasteiger partial charge in [0.15, 0.2) is 9.84 Å². The van der Waals surface area contributed by atoms with Crippen molar-refractivity contribution in [3.8, 4) is 0 Å². The summed E-state index contributed by atoms with van der Waals surface area (Å²) in [6.07, 6.45) is 0. The lowest BCUT2D eigenvalue weighted by Crippen LogP contribution is -2.28. The van der Waals surface area contributed by atoms with E-state index >= 15 is 0 Å². The summed E-state index contributed by atoms with van der Waals surface area (Å²) >= 11 is 5.77. The summed E-state index contributed by atoms with van der Waals surface area (Å²) in [5, 5.41) is 18.2. The fourth-order valence-corrected chi connectivity index (χ4v) is 4.95. The number of sulfone groups is 1. The van der Waals surface area contributed by atoms with Gasteiger partial charge in [-0.25, -0.2) is 8.42 Å². The number of aliphatic hydroxyl groups excluding tert-OH is 1. The van der Waals surface area contributed by atoms with E-state index in [4.69, 9.17) is 11.6 Å². The van der Waals surface area contributed by atoms with E-state index in [0.29, 0.717) is 10.6 Å². The normalized spacial score (nSPS) is 29.1. The number of hydrogen-bond donors (Lipinski definition) is 2. The number of carbonyl (C=O) groups is 1. The molecule has 0 heterocycles. The Morgan fingerprint density at radius 3 is 2.30 bits per heavy atom. The molecule has 0 spiro atoms. The highest BCUT2D eigenvalue weighted by molar-refractivity contribution is 7.92. The van der Waals surface area contributed by atoms with E-state index in [9.17, 15) is 23.4 Å². The Labute approximate surface area is 122 Å². The first-order valence-corrected chi connectivity index (χ1v) is 8.22. The van der Waals surface area contributed by atoms with Crippen molar-refractivity contribution < 1.29 is 23.4 Å². The Morgan fingerprint density at radius 2 is 1.90 bits per heavy atom. The molecule has 2 N–H and O–H groups in total. The molecule has 1 aromatic rings. The van der Waals surface area contributed by atoms with Crippen molar-refractivity contribution in [1.82, 2.24) is 0 Å². The first-order chi connectivity index (χ1) is 9.31. The van der Waals surface area contributed by atoms with Crippen molar-refractivity contribution >= 4 is 27.4 Å². The largest absolute Gasteiger partial charge is 0.481 e. The van der Waals surface area contributed by atoms with Gasteiger partial charge in [-0.05, 0) is 17.7 Å². The lowest BCUT2D eigenvalue weighted by atomic mass is 10.0. The molecular weight excluding hydrogens is 304 g/mol. The lowest BCUT2D eigenvalue weighted by Gasteiger charge is -2.08. The first kappa shape index (κ1) is 15.3. The van der Waals surface area contributed by atoms with Crippen LogP contribution in [0.2, 0.25) is 5.02 Å². The van der Waals surface area contributed by atoms with E-state index in [-0.39, 0.29) is 5.75 Å². The SMILES string of the molecule is CCS(=O)(=O)C1C(c2ccc(Cl)cc2)C1(CO)C(=O)O. The van der Waals surface area contributed by atoms with Crippen molar-refractivity contribution in [2.24, 2.45) is 5.41 Å². The second-order valence-electron chi connectivity index (χ2n) is 4.90. The number of aliphatic carboxylic acids is 1. The van der Waals surface area contributed by atoms with Crippen LogP contribution in [0.15, 0.2) is 24.3 Å². The van der Waals surface area contributed by atoms with Gasteiger partial charge in [0, 0.05) is 16.7 Å². The van der Waals surface area contributed by atoms with Crippen molar-refractivity contribution in [2.45, 2.75) is 18.1 Å². The first-order valence-electron chi connectivity index (χ1n) is 6.12. The molecule has 3 atom stereocenters. The van der Waals surface area contributed by atoms with Gasteiger partial charge >= 0.3 is 5.97 Å². The van der Waals surface area contributed by atoms with E-state index in [0.717, 1.165) is 0 Å². The molecule has 0 amide bonds. The number of hydrogen-bond acceptors (Lipinski definition) is 4. The van der Waals surface area contributed by atoms with Crippen LogP contribution in [0.1, 0.15) is 18.4 Å². The Kier molecular flexibility index (Phi) is 3.83. The van der Waals surface area contributed by atoms with Crippen LogP contribution in [0, 0.1) is 5.41 Å². The van der Waals surface area contributed by atoms with Crippen molar-refractivity contribution in [3.63, 3.8) is 0 Å². The summed E-state index contributed by atoms with van der Waals surface area (Å²) < 4.78 is 24.2. The number of rotatable bonds is 5. The van der Waals surface area contributed by atoms with E-state index < -0.39 is 39.0 Å². The minimum absolute atomic E-state index is 0.156. The Morgan fingerprint density at radius 1 is 1.35 bits per heavy atom.